The standard InChI is InChI=1S/C19H26N4O5/c1-3-10-28-18(26)11-16-19(27)20-8-9-23(16)12-17(25)22-15-6-4-14(5-7-15)21-13(2)24/h4-7,16H,3,8-12H2,1-2H3,(H,20,27)(H,21,24)(H,22,25). The van der Waals surface area contributed by atoms with Crippen molar-refractivity contribution in [3.63, 3.8) is 0 Å². The highest BCUT2D eigenvalue weighted by molar-refractivity contribution is 5.94. The van der Waals surface area contributed by atoms with E-state index in [2.05, 4.69) is 16.0 Å². The van der Waals surface area contributed by atoms with Gasteiger partial charge in [0, 0.05) is 31.4 Å². The van der Waals surface area contributed by atoms with Crippen molar-refractivity contribution >= 4 is 35.1 Å². The summed E-state index contributed by atoms with van der Waals surface area (Å²) in [6, 6.07) is 5.97. The number of hydrogen-bond donors (Lipinski definition) is 3. The van der Waals surface area contributed by atoms with Crippen LogP contribution in [0.4, 0.5) is 11.4 Å². The van der Waals surface area contributed by atoms with E-state index in [1.807, 2.05) is 6.92 Å². The molecule has 9 nitrogen and oxygen atoms in total. The molecule has 0 radical (unpaired) electrons. The van der Waals surface area contributed by atoms with Crippen molar-refractivity contribution in [3.8, 4) is 0 Å². The van der Waals surface area contributed by atoms with Crippen LogP contribution in [0, 0.1) is 0 Å². The molecule has 1 aliphatic heterocycles. The van der Waals surface area contributed by atoms with Crippen LogP contribution in [0.2, 0.25) is 0 Å². The Morgan fingerprint density at radius 1 is 1.18 bits per heavy atom. The second kappa shape index (κ2) is 10.4. The summed E-state index contributed by atoms with van der Waals surface area (Å²) < 4.78 is 5.05. The quantitative estimate of drug-likeness (QED) is 0.564. The van der Waals surface area contributed by atoms with Crippen molar-refractivity contribution < 1.29 is 23.9 Å². The van der Waals surface area contributed by atoms with Crippen LogP contribution in [-0.4, -0.2) is 60.9 Å². The van der Waals surface area contributed by atoms with E-state index in [1.165, 1.54) is 6.92 Å². The fraction of sp³-hybridized carbons (Fsp3) is 0.474. The first kappa shape index (κ1) is 21.4. The average Bonchev–Trinajstić information content (AvgIpc) is 2.64. The molecule has 1 heterocycles. The lowest BCUT2D eigenvalue weighted by atomic mass is 10.1. The number of piperazine rings is 1. The number of carbonyl (C=O) groups excluding carboxylic acids is 4. The Hall–Kier alpha value is -2.94. The minimum Gasteiger partial charge on any atom is -0.466 e. The van der Waals surface area contributed by atoms with Gasteiger partial charge in [-0.2, -0.15) is 0 Å². The molecule has 0 aromatic heterocycles. The number of hydrogen-bond acceptors (Lipinski definition) is 6. The van der Waals surface area contributed by atoms with Crippen LogP contribution >= 0.6 is 0 Å². The number of carbonyl (C=O) groups is 4. The molecular formula is C19H26N4O5. The van der Waals surface area contributed by atoms with Gasteiger partial charge in [0.25, 0.3) is 0 Å². The lowest BCUT2D eigenvalue weighted by Crippen LogP contribution is -2.57. The predicted molar refractivity (Wildman–Crippen MR) is 104 cm³/mol. The maximum atomic E-state index is 12.4. The van der Waals surface area contributed by atoms with Gasteiger partial charge in [0.05, 0.1) is 19.6 Å². The molecule has 152 valence electrons. The molecule has 1 aromatic rings. The number of ether oxygens (including phenoxy) is 1. The van der Waals surface area contributed by atoms with Gasteiger partial charge in [0.1, 0.15) is 6.04 Å². The van der Waals surface area contributed by atoms with E-state index in [9.17, 15) is 19.2 Å². The Labute approximate surface area is 163 Å². The van der Waals surface area contributed by atoms with Gasteiger partial charge >= 0.3 is 5.97 Å². The number of nitrogens with zero attached hydrogens (tertiary/aromatic N) is 1. The van der Waals surface area contributed by atoms with Crippen molar-refractivity contribution in [3.05, 3.63) is 24.3 Å². The molecule has 28 heavy (non-hydrogen) atoms. The third kappa shape index (κ3) is 6.66. The highest BCUT2D eigenvalue weighted by Crippen LogP contribution is 2.15. The summed E-state index contributed by atoms with van der Waals surface area (Å²) in [7, 11) is 0. The van der Waals surface area contributed by atoms with E-state index in [4.69, 9.17) is 4.74 Å². The fourth-order valence-corrected chi connectivity index (χ4v) is 2.83. The van der Waals surface area contributed by atoms with Crippen molar-refractivity contribution in [1.82, 2.24) is 10.2 Å². The van der Waals surface area contributed by atoms with E-state index in [0.29, 0.717) is 37.5 Å². The zero-order valence-corrected chi connectivity index (χ0v) is 16.1. The molecule has 2 rings (SSSR count). The highest BCUT2D eigenvalue weighted by Gasteiger charge is 2.33. The number of anilines is 2. The molecular weight excluding hydrogens is 364 g/mol. The lowest BCUT2D eigenvalue weighted by Gasteiger charge is -2.33. The zero-order chi connectivity index (χ0) is 20.5. The molecule has 0 bridgehead atoms. The molecule has 9 heteroatoms. The molecule has 1 unspecified atom stereocenters. The van der Waals surface area contributed by atoms with E-state index >= 15 is 0 Å². The highest BCUT2D eigenvalue weighted by atomic mass is 16.5. The number of esters is 1. The van der Waals surface area contributed by atoms with Gasteiger partial charge in [0.15, 0.2) is 0 Å². The van der Waals surface area contributed by atoms with Crippen LogP contribution < -0.4 is 16.0 Å². The van der Waals surface area contributed by atoms with Crippen molar-refractivity contribution in [2.75, 3.05) is 36.9 Å². The largest absolute Gasteiger partial charge is 0.466 e. The van der Waals surface area contributed by atoms with E-state index in [-0.39, 0.29) is 30.7 Å². The van der Waals surface area contributed by atoms with Gasteiger partial charge in [-0.1, -0.05) is 6.92 Å². The van der Waals surface area contributed by atoms with E-state index in [1.54, 1.807) is 29.2 Å². The van der Waals surface area contributed by atoms with Gasteiger partial charge in [-0.15, -0.1) is 0 Å². The summed E-state index contributed by atoms with van der Waals surface area (Å²) in [5.74, 6) is -1.22. The summed E-state index contributed by atoms with van der Waals surface area (Å²) in [6.45, 7) is 4.47. The smallest absolute Gasteiger partial charge is 0.307 e. The minimum absolute atomic E-state index is 0.0212. The molecule has 1 saturated heterocycles. The first-order valence-corrected chi connectivity index (χ1v) is 9.24. The van der Waals surface area contributed by atoms with Crippen LogP contribution in [0.25, 0.3) is 0 Å². The third-order valence-corrected chi connectivity index (χ3v) is 4.10. The molecule has 1 atom stereocenters. The first-order valence-electron chi connectivity index (χ1n) is 9.24. The van der Waals surface area contributed by atoms with Crippen LogP contribution in [0.3, 0.4) is 0 Å². The predicted octanol–water partition coefficient (Wildman–Crippen LogP) is 0.727. The molecule has 1 fully saturated rings. The topological polar surface area (TPSA) is 117 Å². The van der Waals surface area contributed by atoms with Gasteiger partial charge in [-0.05, 0) is 30.7 Å². The molecule has 1 aliphatic rings. The SMILES string of the molecule is CCCOC(=O)CC1C(=O)NCCN1CC(=O)Nc1ccc(NC(C)=O)cc1. The summed E-state index contributed by atoms with van der Waals surface area (Å²) in [6.07, 6.45) is 0.611. The van der Waals surface area contributed by atoms with Gasteiger partial charge in [0.2, 0.25) is 17.7 Å². The van der Waals surface area contributed by atoms with E-state index < -0.39 is 12.0 Å². The summed E-state index contributed by atoms with van der Waals surface area (Å²) in [5, 5.41) is 8.11. The van der Waals surface area contributed by atoms with Crippen molar-refractivity contribution in [1.29, 1.82) is 0 Å². The summed E-state index contributed by atoms with van der Waals surface area (Å²) in [4.78, 5) is 49.1. The zero-order valence-electron chi connectivity index (χ0n) is 16.1. The molecule has 0 spiro atoms. The second-order valence-corrected chi connectivity index (χ2v) is 6.51. The monoisotopic (exact) mass is 390 g/mol. The molecule has 1 aromatic carbocycles. The Morgan fingerprint density at radius 2 is 1.82 bits per heavy atom. The minimum atomic E-state index is -0.731. The first-order chi connectivity index (χ1) is 13.4. The number of benzene rings is 1. The van der Waals surface area contributed by atoms with Gasteiger partial charge < -0.3 is 20.7 Å². The summed E-state index contributed by atoms with van der Waals surface area (Å²) in [5.41, 5.74) is 1.20. The maximum absolute atomic E-state index is 12.4. The Morgan fingerprint density at radius 3 is 2.43 bits per heavy atom. The Balaban J connectivity index is 1.93. The van der Waals surface area contributed by atoms with Crippen LogP contribution in [0.15, 0.2) is 24.3 Å². The average molecular weight is 390 g/mol. The molecule has 3 N–H and O–H groups in total. The van der Waals surface area contributed by atoms with Crippen LogP contribution in [-0.2, 0) is 23.9 Å². The summed E-state index contributed by atoms with van der Waals surface area (Å²) >= 11 is 0. The second-order valence-electron chi connectivity index (χ2n) is 6.51. The lowest BCUT2D eigenvalue weighted by molar-refractivity contribution is -0.148. The number of amides is 3. The molecule has 0 aliphatic carbocycles. The van der Waals surface area contributed by atoms with Gasteiger partial charge in [-0.25, -0.2) is 0 Å². The van der Waals surface area contributed by atoms with Crippen molar-refractivity contribution in [2.24, 2.45) is 0 Å². The van der Waals surface area contributed by atoms with Crippen LogP contribution in [0.1, 0.15) is 26.7 Å². The van der Waals surface area contributed by atoms with Crippen molar-refractivity contribution in [2.45, 2.75) is 32.7 Å². The maximum Gasteiger partial charge on any atom is 0.307 e. The number of rotatable bonds is 8. The number of nitrogens with one attached hydrogen (secondary N) is 3. The Kier molecular flexibility index (Phi) is 7.94. The molecule has 0 saturated carbocycles. The van der Waals surface area contributed by atoms with Crippen LogP contribution in [0.5, 0.6) is 0 Å². The van der Waals surface area contributed by atoms with Gasteiger partial charge in [-0.3, -0.25) is 24.1 Å². The molecule has 3 amide bonds. The van der Waals surface area contributed by atoms with E-state index in [0.717, 1.165) is 0 Å². The fourth-order valence-electron chi connectivity index (χ4n) is 2.83. The Bertz CT molecular complexity index is 720. The third-order valence-electron chi connectivity index (χ3n) is 4.10. The normalized spacial score (nSPS) is 16.8.